The fourth-order valence-electron chi connectivity index (χ4n) is 2.64. The molecule has 0 aliphatic heterocycles. The van der Waals surface area contributed by atoms with Crippen LogP contribution in [0, 0.1) is 5.41 Å². The number of ether oxygens (including phenoxy) is 1. The summed E-state index contributed by atoms with van der Waals surface area (Å²) in [6.07, 6.45) is 9.18. The van der Waals surface area contributed by atoms with Gasteiger partial charge in [-0.25, -0.2) is 9.97 Å². The molecule has 2 aromatic heterocycles. The molecule has 20 heavy (non-hydrogen) atoms. The van der Waals surface area contributed by atoms with Crippen LogP contribution in [-0.4, -0.2) is 28.3 Å². The third-order valence-electron chi connectivity index (χ3n) is 4.09. The van der Waals surface area contributed by atoms with Gasteiger partial charge >= 0.3 is 0 Å². The highest BCUT2D eigenvalue weighted by Gasteiger charge is 2.42. The average molecular weight is 272 g/mol. The molecule has 0 amide bonds. The van der Waals surface area contributed by atoms with Crippen LogP contribution in [0.25, 0.3) is 11.3 Å². The zero-order valence-electron chi connectivity index (χ0n) is 11.7. The number of nitrogen functional groups attached to an aromatic ring is 1. The van der Waals surface area contributed by atoms with Crippen molar-refractivity contribution in [3.63, 3.8) is 0 Å². The van der Waals surface area contributed by atoms with Crippen LogP contribution in [0.2, 0.25) is 0 Å². The Morgan fingerprint density at radius 1 is 1.45 bits per heavy atom. The summed E-state index contributed by atoms with van der Waals surface area (Å²) in [7, 11) is 1.76. The van der Waals surface area contributed by atoms with E-state index in [1.807, 2.05) is 24.7 Å². The summed E-state index contributed by atoms with van der Waals surface area (Å²) in [6, 6.07) is 3.86. The molecular formula is C15H20N4O. The van der Waals surface area contributed by atoms with E-state index in [0.29, 0.717) is 11.2 Å². The number of nitrogens with zero attached hydrogens (tertiary/aromatic N) is 3. The zero-order valence-corrected chi connectivity index (χ0v) is 11.7. The highest BCUT2D eigenvalue weighted by atomic mass is 16.5. The maximum absolute atomic E-state index is 5.76. The highest BCUT2D eigenvalue weighted by Crippen LogP contribution is 2.50. The Morgan fingerprint density at radius 2 is 2.30 bits per heavy atom. The molecule has 1 saturated carbocycles. The van der Waals surface area contributed by atoms with Crippen LogP contribution >= 0.6 is 0 Å². The highest BCUT2D eigenvalue weighted by molar-refractivity contribution is 5.61. The standard InChI is InChI=1S/C15H20N4O/c1-20-7-5-15(3-4-15)10-19-11-17-9-13(19)12-2-6-18-14(16)8-12/h2,6,8-9,11H,3-5,7,10H2,1H3,(H2,16,18). The van der Waals surface area contributed by atoms with E-state index < -0.39 is 0 Å². The summed E-state index contributed by atoms with van der Waals surface area (Å²) in [5, 5.41) is 0. The quantitative estimate of drug-likeness (QED) is 0.876. The lowest BCUT2D eigenvalue weighted by Gasteiger charge is -2.17. The van der Waals surface area contributed by atoms with Gasteiger partial charge in [0.05, 0.1) is 18.2 Å². The van der Waals surface area contributed by atoms with Gasteiger partial charge in [-0.15, -0.1) is 0 Å². The first-order valence-electron chi connectivity index (χ1n) is 6.93. The maximum atomic E-state index is 5.76. The number of methoxy groups -OCH3 is 1. The zero-order chi connectivity index (χ0) is 14.0. The smallest absolute Gasteiger partial charge is 0.123 e. The molecule has 0 bridgehead atoms. The Kier molecular flexibility index (Phi) is 3.44. The molecule has 106 valence electrons. The Bertz CT molecular complexity index is 589. The van der Waals surface area contributed by atoms with Gasteiger partial charge in [-0.05, 0) is 36.8 Å². The summed E-state index contributed by atoms with van der Waals surface area (Å²) in [4.78, 5) is 8.33. The molecule has 0 radical (unpaired) electrons. The molecular weight excluding hydrogens is 252 g/mol. The lowest BCUT2D eigenvalue weighted by Crippen LogP contribution is -2.14. The average Bonchev–Trinajstić information content (AvgIpc) is 3.05. The topological polar surface area (TPSA) is 66.0 Å². The van der Waals surface area contributed by atoms with Gasteiger partial charge in [0.25, 0.3) is 0 Å². The Morgan fingerprint density at radius 3 is 3.00 bits per heavy atom. The van der Waals surface area contributed by atoms with E-state index in [4.69, 9.17) is 10.5 Å². The summed E-state index contributed by atoms with van der Waals surface area (Å²) < 4.78 is 7.44. The van der Waals surface area contributed by atoms with Crippen molar-refractivity contribution in [2.45, 2.75) is 25.8 Å². The number of hydrogen-bond acceptors (Lipinski definition) is 4. The van der Waals surface area contributed by atoms with Crippen molar-refractivity contribution >= 4 is 5.82 Å². The van der Waals surface area contributed by atoms with Gasteiger partial charge in [-0.3, -0.25) is 0 Å². The SMILES string of the molecule is COCCC1(Cn2cncc2-c2ccnc(N)c2)CC1. The number of imidazole rings is 1. The third kappa shape index (κ3) is 2.67. The van der Waals surface area contributed by atoms with E-state index in [2.05, 4.69) is 14.5 Å². The number of pyridine rings is 1. The third-order valence-corrected chi connectivity index (χ3v) is 4.09. The predicted octanol–water partition coefficient (Wildman–Crippen LogP) is 2.34. The first kappa shape index (κ1) is 13.1. The van der Waals surface area contributed by atoms with Crippen molar-refractivity contribution in [1.82, 2.24) is 14.5 Å². The summed E-state index contributed by atoms with van der Waals surface area (Å²) in [5.74, 6) is 0.538. The number of anilines is 1. The molecule has 1 fully saturated rings. The number of hydrogen-bond donors (Lipinski definition) is 1. The summed E-state index contributed by atoms with van der Waals surface area (Å²) in [6.45, 7) is 1.82. The fourth-order valence-corrected chi connectivity index (χ4v) is 2.64. The maximum Gasteiger partial charge on any atom is 0.123 e. The van der Waals surface area contributed by atoms with E-state index in [0.717, 1.165) is 30.8 Å². The van der Waals surface area contributed by atoms with Crippen LogP contribution in [0.4, 0.5) is 5.82 Å². The van der Waals surface area contributed by atoms with Gasteiger partial charge < -0.3 is 15.0 Å². The van der Waals surface area contributed by atoms with Gasteiger partial charge in [-0.1, -0.05) is 0 Å². The fraction of sp³-hybridized carbons (Fsp3) is 0.467. The molecule has 0 spiro atoms. The molecule has 2 N–H and O–H groups in total. The lowest BCUT2D eigenvalue weighted by molar-refractivity contribution is 0.167. The second-order valence-corrected chi connectivity index (χ2v) is 5.62. The summed E-state index contributed by atoms with van der Waals surface area (Å²) in [5.41, 5.74) is 8.32. The van der Waals surface area contributed by atoms with Gasteiger partial charge in [0, 0.05) is 32.0 Å². The molecule has 5 nitrogen and oxygen atoms in total. The van der Waals surface area contributed by atoms with Crippen LogP contribution < -0.4 is 5.73 Å². The van der Waals surface area contributed by atoms with Crippen molar-refractivity contribution in [2.24, 2.45) is 5.41 Å². The van der Waals surface area contributed by atoms with E-state index in [1.54, 1.807) is 13.3 Å². The summed E-state index contributed by atoms with van der Waals surface area (Å²) >= 11 is 0. The molecule has 3 rings (SSSR count). The number of nitrogens with two attached hydrogens (primary N) is 1. The van der Waals surface area contributed by atoms with Crippen LogP contribution in [0.15, 0.2) is 30.9 Å². The first-order valence-corrected chi connectivity index (χ1v) is 6.93. The second kappa shape index (κ2) is 5.25. The van der Waals surface area contributed by atoms with Crippen LogP contribution in [0.3, 0.4) is 0 Å². The van der Waals surface area contributed by atoms with E-state index >= 15 is 0 Å². The van der Waals surface area contributed by atoms with Crippen molar-refractivity contribution in [3.05, 3.63) is 30.9 Å². The van der Waals surface area contributed by atoms with Gasteiger partial charge in [0.2, 0.25) is 0 Å². The molecule has 2 heterocycles. The van der Waals surface area contributed by atoms with Crippen LogP contribution in [-0.2, 0) is 11.3 Å². The molecule has 0 unspecified atom stereocenters. The number of rotatable bonds is 6. The van der Waals surface area contributed by atoms with Crippen molar-refractivity contribution < 1.29 is 4.74 Å². The Hall–Kier alpha value is -1.88. The minimum Gasteiger partial charge on any atom is -0.385 e. The van der Waals surface area contributed by atoms with Crippen molar-refractivity contribution in [2.75, 3.05) is 19.5 Å². The molecule has 0 atom stereocenters. The van der Waals surface area contributed by atoms with Gasteiger partial charge in [0.1, 0.15) is 5.82 Å². The van der Waals surface area contributed by atoms with E-state index in [1.165, 1.54) is 12.8 Å². The minimum absolute atomic E-state index is 0.393. The van der Waals surface area contributed by atoms with Crippen molar-refractivity contribution in [1.29, 1.82) is 0 Å². The molecule has 0 saturated heterocycles. The minimum atomic E-state index is 0.393. The van der Waals surface area contributed by atoms with Crippen LogP contribution in [0.1, 0.15) is 19.3 Å². The Balaban J connectivity index is 1.81. The van der Waals surface area contributed by atoms with E-state index in [-0.39, 0.29) is 0 Å². The molecule has 1 aliphatic rings. The largest absolute Gasteiger partial charge is 0.385 e. The van der Waals surface area contributed by atoms with E-state index in [9.17, 15) is 0 Å². The molecule has 5 heteroatoms. The van der Waals surface area contributed by atoms with Crippen LogP contribution in [0.5, 0.6) is 0 Å². The first-order chi connectivity index (χ1) is 9.72. The Labute approximate surface area is 118 Å². The second-order valence-electron chi connectivity index (χ2n) is 5.62. The molecule has 2 aromatic rings. The lowest BCUT2D eigenvalue weighted by atomic mass is 10.0. The monoisotopic (exact) mass is 272 g/mol. The molecule has 1 aliphatic carbocycles. The normalized spacial score (nSPS) is 16.2. The number of aromatic nitrogens is 3. The van der Waals surface area contributed by atoms with Gasteiger partial charge in [0.15, 0.2) is 0 Å². The van der Waals surface area contributed by atoms with Crippen molar-refractivity contribution in [3.8, 4) is 11.3 Å². The van der Waals surface area contributed by atoms with Gasteiger partial charge in [-0.2, -0.15) is 0 Å². The molecule has 0 aromatic carbocycles. The predicted molar refractivity (Wildman–Crippen MR) is 78.0 cm³/mol.